The van der Waals surface area contributed by atoms with E-state index in [2.05, 4.69) is 11.4 Å². The van der Waals surface area contributed by atoms with Gasteiger partial charge in [-0.25, -0.2) is 4.79 Å². The minimum Gasteiger partial charge on any atom is -0.452 e. The van der Waals surface area contributed by atoms with E-state index in [1.54, 1.807) is 12.1 Å². The zero-order chi connectivity index (χ0) is 19.2. The lowest BCUT2D eigenvalue weighted by atomic mass is 10.1. The van der Waals surface area contributed by atoms with Crippen LogP contribution < -0.4 is 5.32 Å². The lowest BCUT2D eigenvalue weighted by Crippen LogP contribution is -2.21. The number of anilines is 1. The molecular weight excluding hydrogens is 342 g/mol. The summed E-state index contributed by atoms with van der Waals surface area (Å²) in [5, 5.41) is 2.78. The molecule has 5 heteroatoms. The van der Waals surface area contributed by atoms with Crippen molar-refractivity contribution in [1.82, 2.24) is 0 Å². The second kappa shape index (κ2) is 8.82. The van der Waals surface area contributed by atoms with Crippen LogP contribution >= 0.6 is 0 Å². The van der Waals surface area contributed by atoms with Gasteiger partial charge in [0.25, 0.3) is 5.91 Å². The third kappa shape index (κ3) is 5.41. The summed E-state index contributed by atoms with van der Waals surface area (Å²) in [6.07, 6.45) is 3.46. The van der Waals surface area contributed by atoms with Gasteiger partial charge >= 0.3 is 5.97 Å². The smallest absolute Gasteiger partial charge is 0.338 e. The lowest BCUT2D eigenvalue weighted by molar-refractivity contribution is -0.119. The van der Waals surface area contributed by atoms with Crippen LogP contribution in [-0.2, 0) is 33.7 Å². The van der Waals surface area contributed by atoms with Gasteiger partial charge in [0, 0.05) is 5.69 Å². The van der Waals surface area contributed by atoms with Crippen LogP contribution in [0.5, 0.6) is 0 Å². The summed E-state index contributed by atoms with van der Waals surface area (Å²) in [5.41, 5.74) is 4.77. The van der Waals surface area contributed by atoms with Gasteiger partial charge < -0.3 is 14.8 Å². The van der Waals surface area contributed by atoms with E-state index in [0.717, 1.165) is 30.5 Å². The zero-order valence-corrected chi connectivity index (χ0v) is 15.8. The van der Waals surface area contributed by atoms with E-state index in [1.165, 1.54) is 11.1 Å². The van der Waals surface area contributed by atoms with Gasteiger partial charge in [-0.1, -0.05) is 18.2 Å². The van der Waals surface area contributed by atoms with Crippen molar-refractivity contribution in [2.45, 2.75) is 45.8 Å². The first kappa shape index (κ1) is 19.1. The first-order valence-corrected chi connectivity index (χ1v) is 9.30. The number of carbonyl (C=O) groups excluding carboxylic acids is 2. The number of carbonyl (C=O) groups is 2. The van der Waals surface area contributed by atoms with Crippen LogP contribution in [0.15, 0.2) is 42.5 Å². The molecule has 0 aromatic heterocycles. The van der Waals surface area contributed by atoms with Crippen molar-refractivity contribution in [2.24, 2.45) is 0 Å². The Labute approximate surface area is 159 Å². The predicted molar refractivity (Wildman–Crippen MR) is 104 cm³/mol. The Morgan fingerprint density at radius 1 is 1.04 bits per heavy atom. The SMILES string of the molecule is CC(C)OCc1ccc(C(=O)OCC(=O)Nc2ccc3c(c2)CCC3)cc1. The molecule has 0 aliphatic heterocycles. The van der Waals surface area contributed by atoms with Crippen molar-refractivity contribution < 1.29 is 19.1 Å². The summed E-state index contributed by atoms with van der Waals surface area (Å²) in [5.74, 6) is -0.862. The Hall–Kier alpha value is -2.66. The maximum atomic E-state index is 12.1. The minimum atomic E-state index is -0.518. The van der Waals surface area contributed by atoms with Crippen LogP contribution in [0.4, 0.5) is 5.69 Å². The standard InChI is InChI=1S/C22H25NO4/c1-15(2)26-13-16-6-8-18(9-7-16)22(25)27-14-21(24)23-20-11-10-17-4-3-5-19(17)12-20/h6-12,15H,3-5,13-14H2,1-2H3,(H,23,24). The van der Waals surface area contributed by atoms with Gasteiger partial charge in [0.05, 0.1) is 18.3 Å². The molecule has 5 nitrogen and oxygen atoms in total. The Bertz CT molecular complexity index is 812. The fourth-order valence-electron chi connectivity index (χ4n) is 3.06. The monoisotopic (exact) mass is 367 g/mol. The number of esters is 1. The summed E-state index contributed by atoms with van der Waals surface area (Å²) < 4.78 is 10.6. The van der Waals surface area contributed by atoms with Gasteiger partial charge in [-0.3, -0.25) is 4.79 Å². The highest BCUT2D eigenvalue weighted by Gasteiger charge is 2.13. The van der Waals surface area contributed by atoms with Crippen LogP contribution in [0.2, 0.25) is 0 Å². The van der Waals surface area contributed by atoms with Crippen molar-refractivity contribution in [2.75, 3.05) is 11.9 Å². The molecule has 1 aliphatic carbocycles. The number of fused-ring (bicyclic) bond motifs is 1. The van der Waals surface area contributed by atoms with Crippen LogP contribution in [0.1, 0.15) is 47.3 Å². The number of hydrogen-bond donors (Lipinski definition) is 1. The highest BCUT2D eigenvalue weighted by atomic mass is 16.5. The van der Waals surface area contributed by atoms with Crippen molar-refractivity contribution in [3.8, 4) is 0 Å². The van der Waals surface area contributed by atoms with Crippen LogP contribution in [0.3, 0.4) is 0 Å². The highest BCUT2D eigenvalue weighted by molar-refractivity contribution is 5.95. The van der Waals surface area contributed by atoms with Crippen molar-refractivity contribution in [1.29, 1.82) is 0 Å². The summed E-state index contributed by atoms with van der Waals surface area (Å²) in [4.78, 5) is 24.1. The summed E-state index contributed by atoms with van der Waals surface area (Å²) >= 11 is 0. The van der Waals surface area contributed by atoms with Crippen molar-refractivity contribution in [3.05, 3.63) is 64.7 Å². The largest absolute Gasteiger partial charge is 0.452 e. The number of ether oxygens (including phenoxy) is 2. The number of benzene rings is 2. The number of rotatable bonds is 7. The normalized spacial score (nSPS) is 12.7. The molecule has 0 saturated heterocycles. The molecule has 0 heterocycles. The van der Waals surface area contributed by atoms with E-state index in [4.69, 9.17) is 9.47 Å². The van der Waals surface area contributed by atoms with Gasteiger partial charge in [0.2, 0.25) is 0 Å². The highest BCUT2D eigenvalue weighted by Crippen LogP contribution is 2.24. The van der Waals surface area contributed by atoms with Crippen LogP contribution in [-0.4, -0.2) is 24.6 Å². The molecule has 142 valence electrons. The van der Waals surface area contributed by atoms with Gasteiger partial charge in [-0.15, -0.1) is 0 Å². The van der Waals surface area contributed by atoms with E-state index in [0.29, 0.717) is 12.2 Å². The number of aryl methyl sites for hydroxylation is 2. The van der Waals surface area contributed by atoms with Gasteiger partial charge in [-0.2, -0.15) is 0 Å². The third-order valence-corrected chi connectivity index (χ3v) is 4.49. The fraction of sp³-hybridized carbons (Fsp3) is 0.364. The molecule has 0 atom stereocenters. The second-order valence-corrected chi connectivity index (χ2v) is 7.02. The molecule has 0 radical (unpaired) electrons. The maximum absolute atomic E-state index is 12.1. The van der Waals surface area contributed by atoms with Crippen LogP contribution in [0.25, 0.3) is 0 Å². The fourth-order valence-corrected chi connectivity index (χ4v) is 3.06. The quantitative estimate of drug-likeness (QED) is 0.754. The summed E-state index contributed by atoms with van der Waals surface area (Å²) in [7, 11) is 0. The molecule has 0 fully saturated rings. The molecule has 1 aliphatic rings. The first-order valence-electron chi connectivity index (χ1n) is 9.30. The lowest BCUT2D eigenvalue weighted by Gasteiger charge is -2.09. The molecule has 0 unspecified atom stereocenters. The minimum absolute atomic E-state index is 0.152. The number of hydrogen-bond acceptors (Lipinski definition) is 4. The molecule has 2 aromatic carbocycles. The van der Waals surface area contributed by atoms with Gasteiger partial charge in [0.15, 0.2) is 6.61 Å². The topological polar surface area (TPSA) is 64.6 Å². The van der Waals surface area contributed by atoms with Crippen LogP contribution in [0, 0.1) is 0 Å². The molecule has 0 saturated carbocycles. The average molecular weight is 367 g/mol. The van der Waals surface area contributed by atoms with E-state index in [1.807, 2.05) is 38.1 Å². The number of nitrogens with one attached hydrogen (secondary N) is 1. The van der Waals surface area contributed by atoms with E-state index < -0.39 is 5.97 Å². The van der Waals surface area contributed by atoms with Gasteiger partial charge in [0.1, 0.15) is 0 Å². The van der Waals surface area contributed by atoms with Crippen molar-refractivity contribution >= 4 is 17.6 Å². The molecule has 0 spiro atoms. The Balaban J connectivity index is 1.47. The molecule has 3 rings (SSSR count). The molecule has 27 heavy (non-hydrogen) atoms. The molecule has 1 amide bonds. The third-order valence-electron chi connectivity index (χ3n) is 4.49. The second-order valence-electron chi connectivity index (χ2n) is 7.02. The maximum Gasteiger partial charge on any atom is 0.338 e. The number of amides is 1. The Morgan fingerprint density at radius 3 is 2.52 bits per heavy atom. The van der Waals surface area contributed by atoms with E-state index >= 15 is 0 Å². The van der Waals surface area contributed by atoms with Crippen molar-refractivity contribution in [3.63, 3.8) is 0 Å². The predicted octanol–water partition coefficient (Wildman–Crippen LogP) is 3.90. The molecule has 1 N–H and O–H groups in total. The van der Waals surface area contributed by atoms with Gasteiger partial charge in [-0.05, 0) is 74.1 Å². The van der Waals surface area contributed by atoms with E-state index in [-0.39, 0.29) is 18.6 Å². The Morgan fingerprint density at radius 2 is 1.78 bits per heavy atom. The summed E-state index contributed by atoms with van der Waals surface area (Å²) in [6, 6.07) is 12.9. The Kier molecular flexibility index (Phi) is 6.24. The van der Waals surface area contributed by atoms with E-state index in [9.17, 15) is 9.59 Å². The summed E-state index contributed by atoms with van der Waals surface area (Å²) in [6.45, 7) is 4.13. The first-order chi connectivity index (χ1) is 13.0. The molecule has 2 aromatic rings. The average Bonchev–Trinajstić information content (AvgIpc) is 3.12. The molecule has 0 bridgehead atoms. The molecular formula is C22H25NO4. The zero-order valence-electron chi connectivity index (χ0n) is 15.8.